The lowest BCUT2D eigenvalue weighted by Crippen LogP contribution is -2.66. The van der Waals surface area contributed by atoms with Gasteiger partial charge >= 0.3 is 0 Å². The summed E-state index contributed by atoms with van der Waals surface area (Å²) < 4.78 is 8.28. The quantitative estimate of drug-likeness (QED) is 0.146. The van der Waals surface area contributed by atoms with Crippen LogP contribution in [0.25, 0.3) is 93.6 Å². The minimum absolute atomic E-state index is 0.000834. The Morgan fingerprint density at radius 1 is 0.329 bits per heavy atom. The van der Waals surface area contributed by atoms with Gasteiger partial charge in [-0.2, -0.15) is 0 Å². The fourth-order valence-corrected chi connectivity index (χ4v) is 15.1. The number of nitrogens with zero attached hydrogens (tertiary/aromatic N) is 3. The number of hydrogen-bond acceptors (Lipinski definition) is 0. The Labute approximate surface area is 450 Å². The smallest absolute Gasteiger partial charge is 0.252 e. The molecule has 0 bridgehead atoms. The lowest BCUT2D eigenvalue weighted by molar-refractivity contribution is 0.590. The molecule has 8 aromatic carbocycles. The zero-order valence-electron chi connectivity index (χ0n) is 48.3. The van der Waals surface area contributed by atoms with E-state index in [2.05, 4.69) is 241 Å². The number of fused-ring (bicyclic) bond motifs is 13. The molecular weight excluding hydrogens is 916 g/mol. The van der Waals surface area contributed by atoms with Crippen LogP contribution >= 0.6 is 0 Å². The average molecular weight is 988 g/mol. The topological polar surface area (TPSA) is 14.8 Å². The molecule has 0 aliphatic carbocycles. The highest BCUT2D eigenvalue weighted by atomic mass is 15.1. The lowest BCUT2D eigenvalue weighted by Gasteiger charge is -2.42. The fourth-order valence-electron chi connectivity index (χ4n) is 15.1. The normalized spacial score (nSPS) is 14.7. The summed E-state index contributed by atoms with van der Waals surface area (Å²) in [6, 6.07) is 43.1. The van der Waals surface area contributed by atoms with Gasteiger partial charge < -0.3 is 13.7 Å². The Balaban J connectivity index is 1.20. The molecule has 0 saturated carbocycles. The first-order valence-electron chi connectivity index (χ1n) is 28.3. The molecule has 76 heavy (non-hydrogen) atoms. The van der Waals surface area contributed by atoms with Gasteiger partial charge in [0.1, 0.15) is 0 Å². The van der Waals surface area contributed by atoms with Crippen molar-refractivity contribution in [3.05, 3.63) is 148 Å². The van der Waals surface area contributed by atoms with E-state index in [1.807, 2.05) is 0 Å². The Bertz CT molecular complexity index is 4540. The van der Waals surface area contributed by atoms with Crippen LogP contribution in [0.3, 0.4) is 0 Å². The summed E-state index contributed by atoms with van der Waals surface area (Å²) in [5.41, 5.74) is 34.1. The molecule has 0 amide bonds. The Morgan fingerprint density at radius 2 is 0.671 bits per heavy atom. The fraction of sp³-hybridized carbons (Fsp3) is 0.324. The molecule has 4 aliphatic heterocycles. The zero-order valence-corrected chi connectivity index (χ0v) is 48.3. The summed E-state index contributed by atoms with van der Waals surface area (Å²) in [4.78, 5) is 0. The number of benzene rings is 8. The third kappa shape index (κ3) is 5.83. The van der Waals surface area contributed by atoms with Gasteiger partial charge in [-0.3, -0.25) is 0 Å². The molecule has 0 radical (unpaired) electrons. The van der Waals surface area contributed by atoms with Gasteiger partial charge in [0.25, 0.3) is 13.4 Å². The second kappa shape index (κ2) is 14.1. The second-order valence-corrected chi connectivity index (χ2v) is 29.3. The number of aryl methyl sites for hydroxylation is 3. The van der Waals surface area contributed by atoms with Crippen LogP contribution in [0.4, 0.5) is 0 Å². The maximum absolute atomic E-state index is 2.82. The van der Waals surface area contributed by atoms with Crippen LogP contribution in [0.15, 0.2) is 103 Å². The summed E-state index contributed by atoms with van der Waals surface area (Å²) in [5, 5.41) is 8.19. The molecule has 0 saturated heterocycles. The second-order valence-electron chi connectivity index (χ2n) is 29.3. The highest BCUT2D eigenvalue weighted by Crippen LogP contribution is 2.47. The average Bonchev–Trinajstić information content (AvgIpc) is 4.16. The van der Waals surface area contributed by atoms with E-state index in [1.54, 1.807) is 0 Å². The van der Waals surface area contributed by atoms with Gasteiger partial charge in [-0.05, 0) is 185 Å². The Kier molecular flexibility index (Phi) is 8.62. The zero-order chi connectivity index (χ0) is 53.3. The molecule has 11 aromatic rings. The third-order valence-corrected chi connectivity index (χ3v) is 19.0. The van der Waals surface area contributed by atoms with Crippen LogP contribution in [-0.4, -0.2) is 27.1 Å². The van der Waals surface area contributed by atoms with Crippen LogP contribution in [0, 0.1) is 20.8 Å². The first-order valence-corrected chi connectivity index (χ1v) is 28.3. The third-order valence-electron chi connectivity index (χ3n) is 19.0. The molecule has 3 aromatic heterocycles. The van der Waals surface area contributed by atoms with Crippen LogP contribution in [0.5, 0.6) is 0 Å². The monoisotopic (exact) mass is 988 g/mol. The summed E-state index contributed by atoms with van der Waals surface area (Å²) in [6.45, 7) is 42.9. The van der Waals surface area contributed by atoms with Crippen LogP contribution in [0.1, 0.15) is 148 Å². The molecule has 0 spiro atoms. The molecular formula is C71H71B2N3. The summed E-state index contributed by atoms with van der Waals surface area (Å²) in [6.07, 6.45) is 0. The van der Waals surface area contributed by atoms with E-state index in [-0.39, 0.29) is 40.5 Å². The van der Waals surface area contributed by atoms with Gasteiger partial charge in [0, 0.05) is 71.4 Å². The molecule has 0 N–H and O–H groups in total. The molecule has 3 nitrogen and oxygen atoms in total. The number of hydrogen-bond donors (Lipinski definition) is 0. The van der Waals surface area contributed by atoms with Crippen LogP contribution in [0.2, 0.25) is 0 Å². The summed E-state index contributed by atoms with van der Waals surface area (Å²) >= 11 is 0. The first kappa shape index (κ1) is 46.6. The summed E-state index contributed by atoms with van der Waals surface area (Å²) in [7, 11) is 0. The van der Waals surface area contributed by atoms with Gasteiger partial charge in [0.15, 0.2) is 0 Å². The highest BCUT2D eigenvalue weighted by Gasteiger charge is 2.50. The standard InChI is InChI=1S/C71H71B2N3/c1-36-23-37(2)59(38(3)24-36)39-19-21-55-45(25-39)47-27-41(68(7,8)9)31-51-62(47)74(55)57-35-58-61-66-60(57)72(51)53-33-43(70(13,14)15)29-49-50-30-44(71(16,17)18)34-54(65(50)76(66)64(49)53)73(61)52-32-42(69(10,11)12)28-48-46-26-40(67(4,5)6)20-22-56(46)75(58)63(48)52/h19-35H,1-18H3. The van der Waals surface area contributed by atoms with E-state index in [1.165, 1.54) is 171 Å². The minimum atomic E-state index is -0.0804. The van der Waals surface area contributed by atoms with E-state index in [0.29, 0.717) is 0 Å². The molecule has 0 fully saturated rings. The van der Waals surface area contributed by atoms with Crippen molar-refractivity contribution >= 4 is 112 Å². The molecule has 0 unspecified atom stereocenters. The van der Waals surface area contributed by atoms with Crippen molar-refractivity contribution in [3.8, 4) is 28.2 Å². The van der Waals surface area contributed by atoms with Crippen molar-refractivity contribution in [2.75, 3.05) is 0 Å². The van der Waals surface area contributed by atoms with Crippen molar-refractivity contribution in [1.29, 1.82) is 0 Å². The molecule has 4 aliphatic rings. The van der Waals surface area contributed by atoms with Gasteiger partial charge in [-0.15, -0.1) is 0 Å². The van der Waals surface area contributed by atoms with Crippen molar-refractivity contribution in [2.45, 2.75) is 152 Å². The molecule has 5 heteroatoms. The number of aromatic nitrogens is 3. The molecule has 7 heterocycles. The van der Waals surface area contributed by atoms with Gasteiger partial charge in [-0.1, -0.05) is 158 Å². The van der Waals surface area contributed by atoms with Gasteiger partial charge in [0.2, 0.25) is 0 Å². The largest absolute Gasteiger partial charge is 0.311 e. The van der Waals surface area contributed by atoms with E-state index in [9.17, 15) is 0 Å². The van der Waals surface area contributed by atoms with Crippen LogP contribution < -0.4 is 32.8 Å². The van der Waals surface area contributed by atoms with Crippen molar-refractivity contribution < 1.29 is 0 Å². The van der Waals surface area contributed by atoms with Gasteiger partial charge in [-0.25, -0.2) is 0 Å². The first-order chi connectivity index (χ1) is 35.6. The molecule has 15 rings (SSSR count). The van der Waals surface area contributed by atoms with E-state index >= 15 is 0 Å². The predicted molar refractivity (Wildman–Crippen MR) is 332 cm³/mol. The minimum Gasteiger partial charge on any atom is -0.311 e. The van der Waals surface area contributed by atoms with Crippen molar-refractivity contribution in [2.24, 2.45) is 0 Å². The maximum Gasteiger partial charge on any atom is 0.252 e. The lowest BCUT2D eigenvalue weighted by atomic mass is 9.29. The van der Waals surface area contributed by atoms with E-state index in [0.717, 1.165) is 0 Å². The van der Waals surface area contributed by atoms with Gasteiger partial charge in [0.05, 0.1) is 11.0 Å². The maximum atomic E-state index is 2.82. The predicted octanol–water partition coefficient (Wildman–Crippen LogP) is 14.3. The molecule has 376 valence electrons. The molecule has 0 atom stereocenters. The number of rotatable bonds is 1. The van der Waals surface area contributed by atoms with Crippen molar-refractivity contribution in [3.63, 3.8) is 0 Å². The van der Waals surface area contributed by atoms with E-state index in [4.69, 9.17) is 0 Å². The van der Waals surface area contributed by atoms with Crippen LogP contribution in [-0.2, 0) is 27.1 Å². The summed E-state index contributed by atoms with van der Waals surface area (Å²) in [5.74, 6) is 0. The Morgan fingerprint density at radius 3 is 1.07 bits per heavy atom. The van der Waals surface area contributed by atoms with Crippen molar-refractivity contribution in [1.82, 2.24) is 13.7 Å². The SMILES string of the molecule is Cc1cc(C)c(-c2ccc3c(c2)c2cc(C(C)(C)C)cc4c2n3-c2cc3c5c6c2B4c2cc(C(C)(C)C)cc4c7cc(C(C)(C)C)cc(c7n-6c24)B5c2cc(C(C)(C)C)cc4c5cc(C(C)(C)C)ccc5n-3c24)c(C)c1. The van der Waals surface area contributed by atoms with E-state index < -0.39 is 0 Å². The Hall–Kier alpha value is -6.71. The highest BCUT2D eigenvalue weighted by molar-refractivity contribution is 7.04.